The molecule has 0 saturated carbocycles. The summed E-state index contributed by atoms with van der Waals surface area (Å²) in [5, 5.41) is 0. The number of benzene rings is 2. The molecule has 0 saturated heterocycles. The lowest BCUT2D eigenvalue weighted by Crippen LogP contribution is -2.22. The van der Waals surface area contributed by atoms with E-state index in [1.165, 1.54) is 0 Å². The molecule has 0 aliphatic carbocycles. The molecule has 0 radical (unpaired) electrons. The largest absolute Gasteiger partial charge is 0.299 e. The van der Waals surface area contributed by atoms with Gasteiger partial charge in [-0.25, -0.2) is 0 Å². The molecule has 2 aromatic rings. The van der Waals surface area contributed by atoms with Gasteiger partial charge in [-0.1, -0.05) is 107 Å². The van der Waals surface area contributed by atoms with Crippen LogP contribution in [-0.2, 0) is 13.5 Å². The van der Waals surface area contributed by atoms with E-state index in [1.807, 2.05) is 36.4 Å². The average molecular weight is 376 g/mol. The van der Waals surface area contributed by atoms with Gasteiger partial charge in [-0.05, 0) is 11.1 Å². The summed E-state index contributed by atoms with van der Waals surface area (Å²) in [7, 11) is 0. The minimum absolute atomic E-state index is 0.0614. The maximum Gasteiger partial charge on any atom is 0.150 e. The highest BCUT2D eigenvalue weighted by Crippen LogP contribution is 2.42. The van der Waals surface area contributed by atoms with E-state index in [-0.39, 0.29) is 18.6 Å². The van der Waals surface area contributed by atoms with E-state index < -0.39 is 8.67 Å². The lowest BCUT2D eigenvalue weighted by atomic mass is 10.0. The van der Waals surface area contributed by atoms with Gasteiger partial charge in [0.15, 0.2) is 0 Å². The fourth-order valence-corrected chi connectivity index (χ4v) is 3.23. The van der Waals surface area contributed by atoms with E-state index in [1.54, 1.807) is 24.3 Å². The van der Waals surface area contributed by atoms with E-state index in [0.29, 0.717) is 11.1 Å². The Bertz CT molecular complexity index is 568. The second-order valence-corrected chi connectivity index (χ2v) is 8.00. The van der Waals surface area contributed by atoms with Crippen LogP contribution in [0.2, 0.25) is 0 Å². The zero-order valence-corrected chi connectivity index (χ0v) is 14.6. The Labute approximate surface area is 150 Å². The van der Waals surface area contributed by atoms with Crippen LogP contribution >= 0.6 is 46.4 Å². The van der Waals surface area contributed by atoms with Crippen molar-refractivity contribution in [3.8, 4) is 0 Å². The Morgan fingerprint density at radius 2 is 1.00 bits per heavy atom. The van der Waals surface area contributed by atoms with Crippen LogP contribution < -0.4 is 0 Å². The Hall–Kier alpha value is -0.730. The van der Waals surface area contributed by atoms with Gasteiger partial charge in [-0.3, -0.25) is 4.79 Å². The van der Waals surface area contributed by atoms with Crippen LogP contribution in [0.15, 0.2) is 60.7 Å². The number of Topliss-reactive ketones (excluding diaryl/α,β-unsaturated/α-hetero) is 1. The topological polar surface area (TPSA) is 17.1 Å². The number of carbonyl (C=O) groups excluding carboxylic acids is 1. The van der Waals surface area contributed by atoms with Crippen molar-refractivity contribution in [2.45, 2.75) is 21.5 Å². The van der Waals surface area contributed by atoms with Gasteiger partial charge < -0.3 is 0 Å². The molecule has 0 unspecified atom stereocenters. The smallest absolute Gasteiger partial charge is 0.150 e. The zero-order chi connectivity index (χ0) is 16.2. The third-order valence-electron chi connectivity index (χ3n) is 3.23. The molecular weight excluding hydrogens is 362 g/mol. The number of carbonyl (C=O) groups is 1. The second-order valence-electron chi connectivity index (χ2n) is 5.03. The normalized spacial score (nSPS) is 12.2. The minimum atomic E-state index is -1.29. The molecule has 0 amide bonds. The first-order valence-corrected chi connectivity index (χ1v) is 8.21. The number of halogens is 4. The summed E-state index contributed by atoms with van der Waals surface area (Å²) >= 11 is 25.2. The van der Waals surface area contributed by atoms with Crippen LogP contribution in [0.4, 0.5) is 0 Å². The van der Waals surface area contributed by atoms with Gasteiger partial charge >= 0.3 is 0 Å². The number of ketones is 1. The van der Waals surface area contributed by atoms with E-state index in [0.717, 1.165) is 0 Å². The standard InChI is InChI=1S/C17H14Cl4O/c18-16(19,13-7-3-1-4-8-13)11-15(22)12-17(20,21)14-9-5-2-6-10-14/h1-10H,11-12H2. The summed E-state index contributed by atoms with van der Waals surface area (Å²) in [6.07, 6.45) is -0.123. The first kappa shape index (κ1) is 17.6. The van der Waals surface area contributed by atoms with E-state index in [2.05, 4.69) is 0 Å². The molecular formula is C17H14Cl4O. The van der Waals surface area contributed by atoms with Crippen molar-refractivity contribution < 1.29 is 4.79 Å². The van der Waals surface area contributed by atoms with Crippen molar-refractivity contribution in [2.24, 2.45) is 0 Å². The van der Waals surface area contributed by atoms with Crippen LogP contribution in [0, 0.1) is 0 Å². The molecule has 22 heavy (non-hydrogen) atoms. The van der Waals surface area contributed by atoms with Gasteiger partial charge in [-0.15, -0.1) is 0 Å². The summed E-state index contributed by atoms with van der Waals surface area (Å²) in [4.78, 5) is 12.3. The fraction of sp³-hybridized carbons (Fsp3) is 0.235. The van der Waals surface area contributed by atoms with Crippen LogP contribution in [0.1, 0.15) is 24.0 Å². The first-order chi connectivity index (χ1) is 10.3. The predicted octanol–water partition coefficient (Wildman–Crippen LogP) is 6.00. The van der Waals surface area contributed by atoms with Crippen molar-refractivity contribution in [2.75, 3.05) is 0 Å². The zero-order valence-electron chi connectivity index (χ0n) is 11.6. The summed E-state index contributed by atoms with van der Waals surface area (Å²) in [5.74, 6) is -0.206. The number of alkyl halides is 4. The monoisotopic (exact) mass is 374 g/mol. The molecule has 0 N–H and O–H groups in total. The summed E-state index contributed by atoms with van der Waals surface area (Å²) in [5.41, 5.74) is 1.34. The molecule has 0 aliphatic rings. The predicted molar refractivity (Wildman–Crippen MR) is 93.9 cm³/mol. The molecule has 116 valence electrons. The summed E-state index contributed by atoms with van der Waals surface area (Å²) in [6.45, 7) is 0. The molecule has 0 aromatic heterocycles. The lowest BCUT2D eigenvalue weighted by Gasteiger charge is -2.23. The average Bonchev–Trinajstić information content (AvgIpc) is 2.48. The molecule has 0 aliphatic heterocycles. The number of hydrogen-bond acceptors (Lipinski definition) is 1. The fourth-order valence-electron chi connectivity index (χ4n) is 2.13. The Morgan fingerprint density at radius 3 is 1.32 bits per heavy atom. The van der Waals surface area contributed by atoms with Gasteiger partial charge in [0.05, 0.1) is 0 Å². The molecule has 1 nitrogen and oxygen atoms in total. The highest BCUT2D eigenvalue weighted by molar-refractivity contribution is 6.50. The van der Waals surface area contributed by atoms with E-state index >= 15 is 0 Å². The lowest BCUT2D eigenvalue weighted by molar-refractivity contribution is -0.119. The van der Waals surface area contributed by atoms with E-state index in [9.17, 15) is 4.79 Å². The summed E-state index contributed by atoms with van der Waals surface area (Å²) in [6, 6.07) is 18.1. The van der Waals surface area contributed by atoms with Crippen molar-refractivity contribution in [1.82, 2.24) is 0 Å². The molecule has 0 bridgehead atoms. The van der Waals surface area contributed by atoms with Gasteiger partial charge in [0.2, 0.25) is 0 Å². The molecule has 5 heteroatoms. The van der Waals surface area contributed by atoms with Crippen molar-refractivity contribution in [3.63, 3.8) is 0 Å². The third-order valence-corrected chi connectivity index (χ3v) is 4.64. The molecule has 2 aromatic carbocycles. The van der Waals surface area contributed by atoms with Crippen LogP contribution in [0.3, 0.4) is 0 Å². The number of rotatable bonds is 6. The van der Waals surface area contributed by atoms with Crippen molar-refractivity contribution >= 4 is 52.2 Å². The van der Waals surface area contributed by atoms with Gasteiger partial charge in [-0.2, -0.15) is 0 Å². The van der Waals surface area contributed by atoms with Crippen molar-refractivity contribution in [3.05, 3.63) is 71.8 Å². The van der Waals surface area contributed by atoms with E-state index in [4.69, 9.17) is 46.4 Å². The quantitative estimate of drug-likeness (QED) is 0.566. The molecule has 0 heterocycles. The van der Waals surface area contributed by atoms with Crippen LogP contribution in [-0.4, -0.2) is 5.78 Å². The number of hydrogen-bond donors (Lipinski definition) is 0. The molecule has 0 atom stereocenters. The van der Waals surface area contributed by atoms with Crippen LogP contribution in [0.25, 0.3) is 0 Å². The second kappa shape index (κ2) is 7.23. The van der Waals surface area contributed by atoms with Gasteiger partial charge in [0.25, 0.3) is 0 Å². The maximum atomic E-state index is 12.3. The Kier molecular flexibility index (Phi) is 5.79. The molecule has 0 fully saturated rings. The minimum Gasteiger partial charge on any atom is -0.299 e. The van der Waals surface area contributed by atoms with Crippen molar-refractivity contribution in [1.29, 1.82) is 0 Å². The van der Waals surface area contributed by atoms with Gasteiger partial charge in [0.1, 0.15) is 14.4 Å². The van der Waals surface area contributed by atoms with Gasteiger partial charge in [0, 0.05) is 12.8 Å². The highest BCUT2D eigenvalue weighted by atomic mass is 35.5. The highest BCUT2D eigenvalue weighted by Gasteiger charge is 2.35. The maximum absolute atomic E-state index is 12.3. The van der Waals surface area contributed by atoms with Crippen LogP contribution in [0.5, 0.6) is 0 Å². The Balaban J connectivity index is 2.07. The SMILES string of the molecule is O=C(CC(Cl)(Cl)c1ccccc1)CC(Cl)(Cl)c1ccccc1. The summed E-state index contributed by atoms with van der Waals surface area (Å²) < 4.78 is -2.59. The first-order valence-electron chi connectivity index (χ1n) is 6.70. The molecule has 0 spiro atoms. The Morgan fingerprint density at radius 1 is 0.682 bits per heavy atom. The molecule has 2 rings (SSSR count). The third kappa shape index (κ3) is 4.63.